The van der Waals surface area contributed by atoms with Crippen LogP contribution in [0.5, 0.6) is 0 Å². The van der Waals surface area contributed by atoms with Crippen LogP contribution in [0, 0.1) is 17.8 Å². The van der Waals surface area contributed by atoms with Crippen molar-refractivity contribution in [2.75, 3.05) is 0 Å². The maximum absolute atomic E-state index is 2.43. The maximum atomic E-state index is 2.43. The fourth-order valence-corrected chi connectivity index (χ4v) is 1.39. The average Bonchev–Trinajstić information content (AvgIpc) is 2.60. The number of hydrogen-bond acceptors (Lipinski definition) is 0. The molecule has 1 unspecified atom stereocenters. The Bertz CT molecular complexity index is 104. The van der Waals surface area contributed by atoms with Gasteiger partial charge in [-0.2, -0.15) is 5.92 Å². The lowest BCUT2D eigenvalue weighted by molar-refractivity contribution is 0.356. The molecule has 0 N–H and O–H groups in total. The maximum Gasteiger partial charge on any atom is -0.0383 e. The van der Waals surface area contributed by atoms with Crippen molar-refractivity contribution in [2.45, 2.75) is 52.9 Å². The highest BCUT2D eigenvalue weighted by Crippen LogP contribution is 2.33. The normalized spacial score (nSPS) is 23.7. The van der Waals surface area contributed by atoms with Crippen LogP contribution < -0.4 is 0 Å². The summed E-state index contributed by atoms with van der Waals surface area (Å²) >= 11 is 0. The molecule has 0 aromatic carbocycles. The molecule has 0 aliphatic heterocycles. The van der Waals surface area contributed by atoms with Crippen molar-refractivity contribution in [1.82, 2.24) is 0 Å². The molecule has 66 valence electrons. The van der Waals surface area contributed by atoms with Crippen LogP contribution >= 0.6 is 0 Å². The van der Waals surface area contributed by atoms with E-state index in [1.165, 1.54) is 32.1 Å². The molecule has 0 bridgehead atoms. The minimum absolute atomic E-state index is 0.549. The summed E-state index contributed by atoms with van der Waals surface area (Å²) in [5.41, 5.74) is 0.549. The monoisotopic (exact) mass is 153 g/mol. The summed E-state index contributed by atoms with van der Waals surface area (Å²) in [6.07, 6.45) is 9.54. The van der Waals surface area contributed by atoms with Gasteiger partial charge >= 0.3 is 0 Å². The van der Waals surface area contributed by atoms with E-state index >= 15 is 0 Å². The number of hydrogen-bond donors (Lipinski definition) is 0. The molecule has 0 amide bonds. The lowest BCUT2D eigenvalue weighted by Gasteiger charge is -2.17. The Balaban J connectivity index is 1.87. The smallest absolute Gasteiger partial charge is 0.0383 e. The highest BCUT2D eigenvalue weighted by atomic mass is 14.3. The summed E-state index contributed by atoms with van der Waals surface area (Å²) in [6, 6.07) is 0. The van der Waals surface area contributed by atoms with Gasteiger partial charge in [0.25, 0.3) is 0 Å². The second-order valence-corrected chi connectivity index (χ2v) is 5.04. The Labute approximate surface area is 71.4 Å². The van der Waals surface area contributed by atoms with E-state index in [2.05, 4.69) is 27.2 Å². The Hall–Kier alpha value is 0. The van der Waals surface area contributed by atoms with Gasteiger partial charge in [-0.05, 0) is 11.8 Å². The Kier molecular flexibility index (Phi) is 2.98. The molecule has 0 radical (unpaired) electrons. The van der Waals surface area contributed by atoms with Crippen molar-refractivity contribution in [3.63, 3.8) is 0 Å². The van der Waals surface area contributed by atoms with Gasteiger partial charge in [-0.1, -0.05) is 40.0 Å². The molecular formula is C11H21-. The first-order valence-corrected chi connectivity index (χ1v) is 4.91. The third kappa shape index (κ3) is 5.29. The fraction of sp³-hybridized carbons (Fsp3) is 0.909. The van der Waals surface area contributed by atoms with Gasteiger partial charge in [-0.25, -0.2) is 6.42 Å². The number of unbranched alkanes of at least 4 members (excludes halogenated alkanes) is 1. The predicted molar refractivity (Wildman–Crippen MR) is 50.3 cm³/mol. The van der Waals surface area contributed by atoms with Crippen molar-refractivity contribution in [3.8, 4) is 0 Å². The van der Waals surface area contributed by atoms with Crippen LogP contribution in [0.15, 0.2) is 0 Å². The Morgan fingerprint density at radius 1 is 1.27 bits per heavy atom. The van der Waals surface area contributed by atoms with Gasteiger partial charge in [-0.15, -0.1) is 0 Å². The molecule has 0 aromatic rings. The molecule has 0 spiro atoms. The lowest BCUT2D eigenvalue weighted by Crippen LogP contribution is -2.03. The molecule has 1 aliphatic rings. The highest BCUT2D eigenvalue weighted by molar-refractivity contribution is 4.93. The van der Waals surface area contributed by atoms with Crippen molar-refractivity contribution in [1.29, 1.82) is 0 Å². The molecule has 1 fully saturated rings. The van der Waals surface area contributed by atoms with E-state index in [-0.39, 0.29) is 0 Å². The Morgan fingerprint density at radius 2 is 1.91 bits per heavy atom. The first-order chi connectivity index (χ1) is 5.08. The molecule has 1 saturated carbocycles. The van der Waals surface area contributed by atoms with E-state index in [9.17, 15) is 0 Å². The van der Waals surface area contributed by atoms with Gasteiger partial charge in [0.15, 0.2) is 0 Å². The topological polar surface area (TPSA) is 0 Å². The SMILES string of the molecule is CC(C)(C)CCCCC1[CH-]C1. The van der Waals surface area contributed by atoms with E-state index in [0.717, 1.165) is 5.92 Å². The zero-order valence-electron chi connectivity index (χ0n) is 8.19. The van der Waals surface area contributed by atoms with Crippen LogP contribution in [-0.2, 0) is 0 Å². The van der Waals surface area contributed by atoms with E-state index in [1.807, 2.05) is 0 Å². The lowest BCUT2D eigenvalue weighted by atomic mass is 9.89. The molecule has 0 heterocycles. The van der Waals surface area contributed by atoms with Gasteiger partial charge in [0.1, 0.15) is 0 Å². The van der Waals surface area contributed by atoms with Crippen molar-refractivity contribution < 1.29 is 0 Å². The summed E-state index contributed by atoms with van der Waals surface area (Å²) in [7, 11) is 0. The van der Waals surface area contributed by atoms with Crippen LogP contribution in [0.2, 0.25) is 0 Å². The van der Waals surface area contributed by atoms with Gasteiger partial charge < -0.3 is 6.42 Å². The van der Waals surface area contributed by atoms with Gasteiger partial charge in [0.05, 0.1) is 0 Å². The van der Waals surface area contributed by atoms with Gasteiger partial charge in [-0.3, -0.25) is 0 Å². The molecule has 1 rings (SSSR count). The fourth-order valence-electron chi connectivity index (χ4n) is 1.39. The highest BCUT2D eigenvalue weighted by Gasteiger charge is 2.10. The summed E-state index contributed by atoms with van der Waals surface area (Å²) in [6.45, 7) is 6.99. The van der Waals surface area contributed by atoms with Crippen LogP contribution in [-0.4, -0.2) is 0 Å². The zero-order valence-corrected chi connectivity index (χ0v) is 8.19. The second kappa shape index (κ2) is 3.60. The van der Waals surface area contributed by atoms with E-state index in [4.69, 9.17) is 0 Å². The third-order valence-electron chi connectivity index (χ3n) is 2.32. The molecule has 0 nitrogen and oxygen atoms in total. The molecular weight excluding hydrogens is 132 g/mol. The number of rotatable bonds is 4. The van der Waals surface area contributed by atoms with Crippen LogP contribution in [0.3, 0.4) is 0 Å². The van der Waals surface area contributed by atoms with E-state index in [0.29, 0.717) is 5.41 Å². The molecule has 0 saturated heterocycles. The zero-order chi connectivity index (χ0) is 8.32. The molecule has 0 aromatic heterocycles. The van der Waals surface area contributed by atoms with Crippen LogP contribution in [0.4, 0.5) is 0 Å². The Morgan fingerprint density at radius 3 is 2.36 bits per heavy atom. The second-order valence-electron chi connectivity index (χ2n) is 5.04. The summed E-state index contributed by atoms with van der Waals surface area (Å²) in [5, 5.41) is 0. The van der Waals surface area contributed by atoms with Crippen molar-refractivity contribution in [2.24, 2.45) is 11.3 Å². The quantitative estimate of drug-likeness (QED) is 0.425. The molecule has 0 heteroatoms. The first kappa shape index (κ1) is 9.09. The largest absolute Gasteiger partial charge is 0.330 e. The van der Waals surface area contributed by atoms with Crippen LogP contribution in [0.1, 0.15) is 52.9 Å². The van der Waals surface area contributed by atoms with Crippen LogP contribution in [0.25, 0.3) is 0 Å². The van der Waals surface area contributed by atoms with E-state index < -0.39 is 0 Å². The standard InChI is InChI=1S/C11H21/c1-11(2,3)9-5-4-6-10-7-8-10/h7,10H,4-6,8-9H2,1-3H3/q-1. The van der Waals surface area contributed by atoms with Gasteiger partial charge in [0, 0.05) is 0 Å². The minimum Gasteiger partial charge on any atom is -0.330 e. The van der Waals surface area contributed by atoms with Crippen molar-refractivity contribution in [3.05, 3.63) is 6.42 Å². The summed E-state index contributed by atoms with van der Waals surface area (Å²) in [5.74, 6) is 1.01. The molecule has 1 atom stereocenters. The van der Waals surface area contributed by atoms with Gasteiger partial charge in [0.2, 0.25) is 0 Å². The predicted octanol–water partition coefficient (Wildman–Crippen LogP) is 3.82. The average molecular weight is 153 g/mol. The summed E-state index contributed by atoms with van der Waals surface area (Å²) in [4.78, 5) is 0. The first-order valence-electron chi connectivity index (χ1n) is 4.91. The molecule has 1 aliphatic carbocycles. The van der Waals surface area contributed by atoms with E-state index in [1.54, 1.807) is 0 Å². The minimum atomic E-state index is 0.549. The third-order valence-corrected chi connectivity index (χ3v) is 2.32. The molecule has 11 heavy (non-hydrogen) atoms. The van der Waals surface area contributed by atoms with Crippen molar-refractivity contribution >= 4 is 0 Å². The summed E-state index contributed by atoms with van der Waals surface area (Å²) < 4.78 is 0.